The van der Waals surface area contributed by atoms with E-state index in [0.29, 0.717) is 24.4 Å². The molecule has 1 aromatic rings. The lowest BCUT2D eigenvalue weighted by Gasteiger charge is -2.35. The summed E-state index contributed by atoms with van der Waals surface area (Å²) in [6.07, 6.45) is 8.39. The van der Waals surface area contributed by atoms with Crippen molar-refractivity contribution in [2.45, 2.75) is 65.2 Å². The minimum absolute atomic E-state index is 0.0272. The fraction of sp³-hybridized carbons (Fsp3) is 0.652. The van der Waals surface area contributed by atoms with Crippen LogP contribution in [0.4, 0.5) is 5.69 Å². The van der Waals surface area contributed by atoms with Crippen LogP contribution in [0.25, 0.3) is 0 Å². The molecule has 0 aromatic heterocycles. The summed E-state index contributed by atoms with van der Waals surface area (Å²) < 4.78 is 0. The number of carbonyl (C=O) groups is 2. The highest BCUT2D eigenvalue weighted by atomic mass is 16.2. The first kappa shape index (κ1) is 20.8. The topological polar surface area (TPSA) is 75.4 Å². The molecule has 2 aliphatic rings. The molecule has 1 aliphatic heterocycles. The standard InChI is InChI=1S/C23H35N3O2/c1-17-7-6-12-26(15-17)22(28)19-8-9-20(18(2)13-19)25-21(27)14-23(16-24)10-4-3-5-11-23/h8-9,13,17H,3-7,10-12,14-16,24H2,1-2H3,(H,25,27). The molecule has 28 heavy (non-hydrogen) atoms. The van der Waals surface area contributed by atoms with Gasteiger partial charge in [-0.3, -0.25) is 9.59 Å². The molecule has 1 aromatic carbocycles. The molecule has 1 heterocycles. The summed E-state index contributed by atoms with van der Waals surface area (Å²) >= 11 is 0. The molecular weight excluding hydrogens is 350 g/mol. The zero-order valence-electron chi connectivity index (χ0n) is 17.4. The molecule has 1 saturated carbocycles. The van der Waals surface area contributed by atoms with Gasteiger partial charge in [-0.2, -0.15) is 0 Å². The van der Waals surface area contributed by atoms with E-state index in [0.717, 1.165) is 56.4 Å². The summed E-state index contributed by atoms with van der Waals surface area (Å²) in [7, 11) is 0. The van der Waals surface area contributed by atoms with Crippen molar-refractivity contribution in [2.75, 3.05) is 25.0 Å². The number of nitrogens with one attached hydrogen (secondary N) is 1. The molecular formula is C23H35N3O2. The molecule has 1 unspecified atom stereocenters. The number of carbonyl (C=O) groups excluding carboxylic acids is 2. The Morgan fingerprint density at radius 3 is 2.61 bits per heavy atom. The molecule has 154 valence electrons. The van der Waals surface area contributed by atoms with Gasteiger partial charge in [0, 0.05) is 30.8 Å². The molecule has 0 bridgehead atoms. The minimum Gasteiger partial charge on any atom is -0.338 e. The number of amides is 2. The summed E-state index contributed by atoms with van der Waals surface area (Å²) in [5, 5.41) is 3.05. The van der Waals surface area contributed by atoms with Gasteiger partial charge in [-0.15, -0.1) is 0 Å². The second-order valence-electron chi connectivity index (χ2n) is 9.02. The Morgan fingerprint density at radius 1 is 1.21 bits per heavy atom. The Hall–Kier alpha value is -1.88. The number of nitrogens with zero attached hydrogens (tertiary/aromatic N) is 1. The number of aryl methyl sites for hydroxylation is 1. The lowest BCUT2D eigenvalue weighted by atomic mass is 9.71. The average molecular weight is 386 g/mol. The summed E-state index contributed by atoms with van der Waals surface area (Å²) in [5.41, 5.74) is 8.39. The molecule has 3 N–H and O–H groups in total. The molecule has 2 amide bonds. The first-order chi connectivity index (χ1) is 13.4. The summed E-state index contributed by atoms with van der Waals surface area (Å²) in [5.74, 6) is 0.684. The number of hydrogen-bond donors (Lipinski definition) is 2. The Bertz CT molecular complexity index is 710. The maximum absolute atomic E-state index is 12.8. The Kier molecular flexibility index (Phi) is 6.76. The van der Waals surface area contributed by atoms with Gasteiger partial charge in [0.2, 0.25) is 5.91 Å². The lowest BCUT2D eigenvalue weighted by molar-refractivity contribution is -0.118. The van der Waals surface area contributed by atoms with E-state index in [1.54, 1.807) is 0 Å². The van der Waals surface area contributed by atoms with Crippen LogP contribution in [0.15, 0.2) is 18.2 Å². The van der Waals surface area contributed by atoms with Gasteiger partial charge in [0.05, 0.1) is 0 Å². The Morgan fingerprint density at radius 2 is 1.96 bits per heavy atom. The molecule has 0 spiro atoms. The predicted molar refractivity (Wildman–Crippen MR) is 113 cm³/mol. The fourth-order valence-corrected chi connectivity index (χ4v) is 4.78. The van der Waals surface area contributed by atoms with E-state index in [1.165, 1.54) is 12.8 Å². The summed E-state index contributed by atoms with van der Waals surface area (Å²) in [4.78, 5) is 27.4. The van der Waals surface area contributed by atoms with E-state index in [4.69, 9.17) is 5.73 Å². The lowest BCUT2D eigenvalue weighted by Crippen LogP contribution is -2.39. The minimum atomic E-state index is -0.0445. The Labute approximate surface area is 169 Å². The number of hydrogen-bond acceptors (Lipinski definition) is 3. The SMILES string of the molecule is Cc1cc(C(=O)N2CCCC(C)C2)ccc1NC(=O)CC1(CN)CCCCC1. The molecule has 5 heteroatoms. The fourth-order valence-electron chi connectivity index (χ4n) is 4.78. The molecule has 1 aliphatic carbocycles. The number of benzene rings is 1. The van der Waals surface area contributed by atoms with Gasteiger partial charge in [0.1, 0.15) is 0 Å². The predicted octanol–water partition coefficient (Wildman–Crippen LogP) is 4.10. The number of anilines is 1. The van der Waals surface area contributed by atoms with Crippen LogP contribution in [0, 0.1) is 18.3 Å². The van der Waals surface area contributed by atoms with Gasteiger partial charge in [-0.25, -0.2) is 0 Å². The number of likely N-dealkylation sites (tertiary alicyclic amines) is 1. The molecule has 3 rings (SSSR count). The van der Waals surface area contributed by atoms with E-state index < -0.39 is 0 Å². The van der Waals surface area contributed by atoms with E-state index in [1.807, 2.05) is 30.0 Å². The molecule has 1 atom stereocenters. The van der Waals surface area contributed by atoms with Crippen LogP contribution in [-0.4, -0.2) is 36.3 Å². The van der Waals surface area contributed by atoms with E-state index in [-0.39, 0.29) is 17.2 Å². The second-order valence-corrected chi connectivity index (χ2v) is 9.02. The van der Waals surface area contributed by atoms with Gasteiger partial charge >= 0.3 is 0 Å². The van der Waals surface area contributed by atoms with Crippen LogP contribution < -0.4 is 11.1 Å². The van der Waals surface area contributed by atoms with Crippen LogP contribution in [0.3, 0.4) is 0 Å². The smallest absolute Gasteiger partial charge is 0.253 e. The zero-order valence-corrected chi connectivity index (χ0v) is 17.4. The maximum atomic E-state index is 12.8. The third kappa shape index (κ3) is 4.93. The van der Waals surface area contributed by atoms with E-state index in [9.17, 15) is 9.59 Å². The van der Waals surface area contributed by atoms with Gasteiger partial charge in [-0.05, 0) is 74.2 Å². The van der Waals surface area contributed by atoms with Crippen LogP contribution >= 0.6 is 0 Å². The monoisotopic (exact) mass is 385 g/mol. The largest absolute Gasteiger partial charge is 0.338 e. The molecule has 5 nitrogen and oxygen atoms in total. The first-order valence-electron chi connectivity index (χ1n) is 10.8. The van der Waals surface area contributed by atoms with Crippen LogP contribution in [0.2, 0.25) is 0 Å². The van der Waals surface area contributed by atoms with E-state index in [2.05, 4.69) is 12.2 Å². The quantitative estimate of drug-likeness (QED) is 0.801. The van der Waals surface area contributed by atoms with Crippen molar-refractivity contribution < 1.29 is 9.59 Å². The van der Waals surface area contributed by atoms with Crippen LogP contribution in [-0.2, 0) is 4.79 Å². The van der Waals surface area contributed by atoms with Crippen LogP contribution in [0.1, 0.15) is 74.2 Å². The van der Waals surface area contributed by atoms with Gasteiger partial charge in [-0.1, -0.05) is 26.2 Å². The van der Waals surface area contributed by atoms with Gasteiger partial charge < -0.3 is 16.0 Å². The van der Waals surface area contributed by atoms with Crippen molar-refractivity contribution in [2.24, 2.45) is 17.1 Å². The summed E-state index contributed by atoms with van der Waals surface area (Å²) in [6.45, 7) is 6.38. The number of nitrogens with two attached hydrogens (primary N) is 1. The number of rotatable bonds is 5. The highest BCUT2D eigenvalue weighted by molar-refractivity contribution is 5.96. The van der Waals surface area contributed by atoms with Crippen molar-refractivity contribution in [1.29, 1.82) is 0 Å². The van der Waals surface area contributed by atoms with Crippen LogP contribution in [0.5, 0.6) is 0 Å². The highest BCUT2D eigenvalue weighted by Gasteiger charge is 2.33. The first-order valence-corrected chi connectivity index (χ1v) is 10.8. The van der Waals surface area contributed by atoms with Crippen molar-refractivity contribution in [3.05, 3.63) is 29.3 Å². The van der Waals surface area contributed by atoms with E-state index >= 15 is 0 Å². The molecule has 2 fully saturated rings. The Balaban J connectivity index is 1.63. The van der Waals surface area contributed by atoms with Crippen molar-refractivity contribution in [1.82, 2.24) is 4.90 Å². The average Bonchev–Trinajstić information content (AvgIpc) is 2.69. The third-order valence-corrected chi connectivity index (χ3v) is 6.57. The third-order valence-electron chi connectivity index (χ3n) is 6.57. The van der Waals surface area contributed by atoms with Gasteiger partial charge in [0.25, 0.3) is 5.91 Å². The second kappa shape index (κ2) is 9.08. The maximum Gasteiger partial charge on any atom is 0.253 e. The normalized spacial score (nSPS) is 22.0. The molecule has 1 saturated heterocycles. The highest BCUT2D eigenvalue weighted by Crippen LogP contribution is 2.38. The van der Waals surface area contributed by atoms with Crippen molar-refractivity contribution >= 4 is 17.5 Å². The zero-order chi connectivity index (χ0) is 20.1. The number of piperidine rings is 1. The van der Waals surface area contributed by atoms with Gasteiger partial charge in [0.15, 0.2) is 0 Å². The molecule has 0 radical (unpaired) electrons. The van der Waals surface area contributed by atoms with Crippen molar-refractivity contribution in [3.8, 4) is 0 Å². The van der Waals surface area contributed by atoms with Crippen molar-refractivity contribution in [3.63, 3.8) is 0 Å². The summed E-state index contributed by atoms with van der Waals surface area (Å²) in [6, 6.07) is 5.60.